The molecule has 0 unspecified atom stereocenters. The second-order valence-corrected chi connectivity index (χ2v) is 9.77. The van der Waals surface area contributed by atoms with Crippen LogP contribution in [0.25, 0.3) is 0 Å². The van der Waals surface area contributed by atoms with Crippen molar-refractivity contribution in [3.63, 3.8) is 0 Å². The van der Waals surface area contributed by atoms with E-state index in [9.17, 15) is 13.2 Å². The standard InChI is InChI=1S/C27H22ClN3O4S/c28-23-12-16-25(17-13-23)36(33,34)31-24-14-10-21(11-15-24)27(32)30-29-18-22-8-4-5-9-26(22)35-19-20-6-2-1-3-7-20/h1-18,31H,19H2,(H,30,32)/b29-18-. The van der Waals surface area contributed by atoms with E-state index in [2.05, 4.69) is 15.2 Å². The first-order valence-electron chi connectivity index (χ1n) is 10.9. The summed E-state index contributed by atoms with van der Waals surface area (Å²) in [5.74, 6) is 0.192. The van der Waals surface area contributed by atoms with Crippen LogP contribution in [0.2, 0.25) is 5.02 Å². The number of carbonyl (C=O) groups excluding carboxylic acids is 1. The van der Waals surface area contributed by atoms with Crippen molar-refractivity contribution in [2.45, 2.75) is 11.5 Å². The summed E-state index contributed by atoms with van der Waals surface area (Å²) in [6.07, 6.45) is 1.51. The molecule has 0 heterocycles. The Morgan fingerprint density at radius 2 is 1.53 bits per heavy atom. The van der Waals surface area contributed by atoms with E-state index in [0.29, 0.717) is 34.2 Å². The van der Waals surface area contributed by atoms with Crippen molar-refractivity contribution in [1.29, 1.82) is 0 Å². The molecule has 4 rings (SSSR count). The Labute approximate surface area is 214 Å². The highest BCUT2D eigenvalue weighted by atomic mass is 35.5. The number of amides is 1. The van der Waals surface area contributed by atoms with Gasteiger partial charge in [0, 0.05) is 21.8 Å². The molecule has 0 atom stereocenters. The van der Waals surface area contributed by atoms with Gasteiger partial charge in [-0.05, 0) is 66.2 Å². The Kier molecular flexibility index (Phi) is 7.99. The molecule has 0 bridgehead atoms. The number of carbonyl (C=O) groups is 1. The number of anilines is 1. The zero-order valence-electron chi connectivity index (χ0n) is 19.0. The van der Waals surface area contributed by atoms with Crippen LogP contribution in [0.1, 0.15) is 21.5 Å². The molecule has 0 aromatic heterocycles. The summed E-state index contributed by atoms with van der Waals surface area (Å²) in [4.78, 5) is 12.6. The van der Waals surface area contributed by atoms with Crippen LogP contribution < -0.4 is 14.9 Å². The predicted octanol–water partition coefficient (Wildman–Crippen LogP) is 5.48. The second-order valence-electron chi connectivity index (χ2n) is 7.65. The van der Waals surface area contributed by atoms with Gasteiger partial charge in [-0.15, -0.1) is 0 Å². The molecule has 0 spiro atoms. The number of halogens is 1. The van der Waals surface area contributed by atoms with Gasteiger partial charge in [0.25, 0.3) is 15.9 Å². The summed E-state index contributed by atoms with van der Waals surface area (Å²) >= 11 is 5.82. The minimum atomic E-state index is -3.78. The van der Waals surface area contributed by atoms with E-state index in [1.54, 1.807) is 0 Å². The summed E-state index contributed by atoms with van der Waals surface area (Å²) in [6.45, 7) is 0.409. The maximum absolute atomic E-state index is 12.5. The van der Waals surface area contributed by atoms with Crippen LogP contribution in [-0.2, 0) is 16.6 Å². The van der Waals surface area contributed by atoms with Gasteiger partial charge in [0.05, 0.1) is 11.1 Å². The van der Waals surface area contributed by atoms with Crippen LogP contribution in [0.15, 0.2) is 113 Å². The average molecular weight is 520 g/mol. The SMILES string of the molecule is O=C(N/N=C\c1ccccc1OCc1ccccc1)c1ccc(NS(=O)(=O)c2ccc(Cl)cc2)cc1. The third-order valence-corrected chi connectivity index (χ3v) is 6.70. The molecule has 0 aliphatic carbocycles. The van der Waals surface area contributed by atoms with E-state index in [-0.39, 0.29) is 4.90 Å². The number of sulfonamides is 1. The molecule has 182 valence electrons. The molecule has 9 heteroatoms. The number of benzene rings is 4. The minimum absolute atomic E-state index is 0.0797. The minimum Gasteiger partial charge on any atom is -0.488 e. The first-order valence-corrected chi connectivity index (χ1v) is 12.7. The largest absolute Gasteiger partial charge is 0.488 e. The van der Waals surface area contributed by atoms with Crippen molar-refractivity contribution < 1.29 is 17.9 Å². The van der Waals surface area contributed by atoms with E-state index in [1.165, 1.54) is 54.7 Å². The van der Waals surface area contributed by atoms with Crippen molar-refractivity contribution >= 4 is 39.4 Å². The van der Waals surface area contributed by atoms with E-state index >= 15 is 0 Å². The van der Waals surface area contributed by atoms with Gasteiger partial charge in [-0.25, -0.2) is 13.8 Å². The Hall–Kier alpha value is -4.14. The van der Waals surface area contributed by atoms with Gasteiger partial charge >= 0.3 is 0 Å². The number of hydrogen-bond donors (Lipinski definition) is 2. The van der Waals surface area contributed by atoms with Crippen molar-refractivity contribution in [2.75, 3.05) is 4.72 Å². The molecule has 0 saturated heterocycles. The first-order chi connectivity index (χ1) is 17.4. The van der Waals surface area contributed by atoms with E-state index in [4.69, 9.17) is 16.3 Å². The fourth-order valence-electron chi connectivity index (χ4n) is 3.20. The van der Waals surface area contributed by atoms with Gasteiger partial charge in [-0.3, -0.25) is 9.52 Å². The Morgan fingerprint density at radius 1 is 0.861 bits per heavy atom. The summed E-state index contributed by atoms with van der Waals surface area (Å²) in [6, 6.07) is 29.0. The highest BCUT2D eigenvalue weighted by Crippen LogP contribution is 2.19. The second kappa shape index (κ2) is 11.5. The molecular formula is C27H22ClN3O4S. The molecule has 0 aliphatic heterocycles. The van der Waals surface area contributed by atoms with Crippen molar-refractivity contribution in [3.8, 4) is 5.75 Å². The average Bonchev–Trinajstić information content (AvgIpc) is 2.89. The molecule has 2 N–H and O–H groups in total. The smallest absolute Gasteiger partial charge is 0.271 e. The molecule has 0 fully saturated rings. The van der Waals surface area contributed by atoms with Gasteiger partial charge in [0.15, 0.2) is 0 Å². The fraction of sp³-hybridized carbons (Fsp3) is 0.0370. The highest BCUT2D eigenvalue weighted by molar-refractivity contribution is 7.92. The molecule has 36 heavy (non-hydrogen) atoms. The van der Waals surface area contributed by atoms with Crippen LogP contribution >= 0.6 is 11.6 Å². The van der Waals surface area contributed by atoms with Gasteiger partial charge in [0.1, 0.15) is 12.4 Å². The Bertz CT molecular complexity index is 1460. The van der Waals surface area contributed by atoms with E-state index in [0.717, 1.165) is 5.56 Å². The fourth-order valence-corrected chi connectivity index (χ4v) is 4.38. The normalized spacial score (nSPS) is 11.2. The lowest BCUT2D eigenvalue weighted by Gasteiger charge is -2.09. The zero-order valence-corrected chi connectivity index (χ0v) is 20.5. The maximum atomic E-state index is 12.5. The summed E-state index contributed by atoms with van der Waals surface area (Å²) in [5, 5.41) is 4.48. The number of hydrogen-bond acceptors (Lipinski definition) is 5. The molecule has 1 amide bonds. The third-order valence-electron chi connectivity index (χ3n) is 5.05. The highest BCUT2D eigenvalue weighted by Gasteiger charge is 2.14. The number of para-hydroxylation sites is 1. The van der Waals surface area contributed by atoms with Gasteiger partial charge in [-0.2, -0.15) is 5.10 Å². The summed E-state index contributed by atoms with van der Waals surface area (Å²) in [7, 11) is -3.78. The number of rotatable bonds is 9. The molecule has 0 radical (unpaired) electrons. The van der Waals surface area contributed by atoms with Crippen molar-refractivity contribution in [2.24, 2.45) is 5.10 Å². The number of hydrazone groups is 1. The van der Waals surface area contributed by atoms with Crippen LogP contribution in [0.5, 0.6) is 5.75 Å². The Balaban J connectivity index is 1.35. The molecular weight excluding hydrogens is 498 g/mol. The van der Waals surface area contributed by atoms with Gasteiger partial charge < -0.3 is 4.74 Å². The predicted molar refractivity (Wildman–Crippen MR) is 141 cm³/mol. The quantitative estimate of drug-likeness (QED) is 0.226. The van der Waals surface area contributed by atoms with Crippen LogP contribution in [0, 0.1) is 0 Å². The summed E-state index contributed by atoms with van der Waals surface area (Å²) < 4.78 is 33.4. The number of nitrogens with one attached hydrogen (secondary N) is 2. The van der Waals surface area contributed by atoms with Gasteiger partial charge in [-0.1, -0.05) is 54.1 Å². The van der Waals surface area contributed by atoms with Crippen LogP contribution in [-0.4, -0.2) is 20.5 Å². The molecule has 0 aliphatic rings. The first kappa shape index (κ1) is 25.0. The van der Waals surface area contributed by atoms with Crippen molar-refractivity contribution in [1.82, 2.24) is 5.43 Å². The van der Waals surface area contributed by atoms with E-state index in [1.807, 2.05) is 54.6 Å². The van der Waals surface area contributed by atoms with Gasteiger partial charge in [0.2, 0.25) is 0 Å². The molecule has 0 saturated carbocycles. The lowest BCUT2D eigenvalue weighted by atomic mass is 10.2. The Morgan fingerprint density at radius 3 is 2.25 bits per heavy atom. The number of nitrogens with zero attached hydrogens (tertiary/aromatic N) is 1. The third kappa shape index (κ3) is 6.71. The zero-order chi connectivity index (χ0) is 25.4. The molecule has 4 aromatic rings. The molecule has 7 nitrogen and oxygen atoms in total. The van der Waals surface area contributed by atoms with Crippen LogP contribution in [0.4, 0.5) is 5.69 Å². The molecule has 4 aromatic carbocycles. The monoisotopic (exact) mass is 519 g/mol. The topological polar surface area (TPSA) is 96.9 Å². The lowest BCUT2D eigenvalue weighted by Crippen LogP contribution is -2.18. The maximum Gasteiger partial charge on any atom is 0.271 e. The van der Waals surface area contributed by atoms with Crippen LogP contribution in [0.3, 0.4) is 0 Å². The number of ether oxygens (including phenoxy) is 1. The van der Waals surface area contributed by atoms with E-state index < -0.39 is 15.9 Å². The summed E-state index contributed by atoms with van der Waals surface area (Å²) in [5.41, 5.74) is 4.85. The lowest BCUT2D eigenvalue weighted by molar-refractivity contribution is 0.0955. The van der Waals surface area contributed by atoms with Crippen molar-refractivity contribution in [3.05, 3.63) is 125 Å².